The number of para-hydroxylation sites is 1. The Kier molecular flexibility index (Phi) is 4.10. The van der Waals surface area contributed by atoms with Crippen molar-refractivity contribution >= 4 is 11.6 Å². The Morgan fingerprint density at radius 3 is 2.53 bits per heavy atom. The first kappa shape index (κ1) is 13.5. The molecule has 0 fully saturated rings. The van der Waals surface area contributed by atoms with Crippen molar-refractivity contribution in [1.82, 2.24) is 0 Å². The van der Waals surface area contributed by atoms with Crippen molar-refractivity contribution in [2.45, 2.75) is 32.7 Å². The van der Waals surface area contributed by atoms with Crippen LogP contribution in [-0.4, -0.2) is 11.4 Å². The Balaban J connectivity index is 2.95. The smallest absolute Gasteiger partial charge is 0.242 e. The van der Waals surface area contributed by atoms with Gasteiger partial charge in [0.2, 0.25) is 5.91 Å². The van der Waals surface area contributed by atoms with Crippen molar-refractivity contribution in [2.24, 2.45) is 11.7 Å². The Morgan fingerprint density at radius 2 is 2.06 bits per heavy atom. The number of nitrogens with one attached hydrogen (secondary N) is 1. The maximum atomic E-state index is 13.5. The third-order valence-electron chi connectivity index (χ3n) is 2.64. The lowest BCUT2D eigenvalue weighted by Gasteiger charge is -2.30. The average molecular weight is 238 g/mol. The molecule has 94 valence electrons. The van der Waals surface area contributed by atoms with Gasteiger partial charge in [-0.25, -0.2) is 4.39 Å². The highest BCUT2D eigenvalue weighted by atomic mass is 19.1. The van der Waals surface area contributed by atoms with Crippen molar-refractivity contribution in [2.75, 3.05) is 5.32 Å². The van der Waals surface area contributed by atoms with Gasteiger partial charge in [-0.15, -0.1) is 0 Å². The molecule has 0 aliphatic heterocycles. The largest absolute Gasteiger partial charge is 0.369 e. The van der Waals surface area contributed by atoms with Gasteiger partial charge < -0.3 is 11.1 Å². The van der Waals surface area contributed by atoms with Crippen LogP contribution in [0.15, 0.2) is 24.3 Å². The van der Waals surface area contributed by atoms with Crippen molar-refractivity contribution in [1.29, 1.82) is 0 Å². The topological polar surface area (TPSA) is 55.1 Å². The molecule has 0 radical (unpaired) electrons. The number of amides is 1. The van der Waals surface area contributed by atoms with E-state index in [-0.39, 0.29) is 11.7 Å². The van der Waals surface area contributed by atoms with Crippen LogP contribution in [0.2, 0.25) is 0 Å². The zero-order chi connectivity index (χ0) is 13.1. The van der Waals surface area contributed by atoms with Crippen LogP contribution in [0.1, 0.15) is 27.2 Å². The van der Waals surface area contributed by atoms with E-state index >= 15 is 0 Å². The van der Waals surface area contributed by atoms with E-state index in [0.29, 0.717) is 12.1 Å². The first-order chi connectivity index (χ1) is 7.85. The number of halogens is 1. The first-order valence-corrected chi connectivity index (χ1v) is 5.68. The van der Waals surface area contributed by atoms with Crippen LogP contribution in [0.4, 0.5) is 10.1 Å². The maximum absolute atomic E-state index is 13.5. The number of benzene rings is 1. The van der Waals surface area contributed by atoms with E-state index in [1.54, 1.807) is 25.1 Å². The first-order valence-electron chi connectivity index (χ1n) is 5.68. The molecule has 1 atom stereocenters. The average Bonchev–Trinajstić information content (AvgIpc) is 2.20. The fourth-order valence-corrected chi connectivity index (χ4v) is 1.89. The van der Waals surface area contributed by atoms with Gasteiger partial charge in [-0.05, 0) is 31.4 Å². The number of hydrogen-bond donors (Lipinski definition) is 2. The maximum Gasteiger partial charge on any atom is 0.242 e. The SMILES string of the molecule is CC(C)CC(C)(Nc1ccccc1F)C(N)=O. The van der Waals surface area contributed by atoms with Crippen LogP contribution < -0.4 is 11.1 Å². The predicted molar refractivity (Wildman–Crippen MR) is 67.1 cm³/mol. The summed E-state index contributed by atoms with van der Waals surface area (Å²) >= 11 is 0. The Labute approximate surface area is 101 Å². The van der Waals surface area contributed by atoms with E-state index < -0.39 is 11.4 Å². The van der Waals surface area contributed by atoms with Crippen molar-refractivity contribution in [3.8, 4) is 0 Å². The summed E-state index contributed by atoms with van der Waals surface area (Å²) in [4.78, 5) is 11.5. The number of anilines is 1. The van der Waals surface area contributed by atoms with Crippen LogP contribution in [0.25, 0.3) is 0 Å². The molecule has 0 aliphatic carbocycles. The molecule has 0 saturated heterocycles. The van der Waals surface area contributed by atoms with E-state index in [9.17, 15) is 9.18 Å². The number of rotatable bonds is 5. The van der Waals surface area contributed by atoms with E-state index in [2.05, 4.69) is 5.32 Å². The Bertz CT molecular complexity index is 406. The fraction of sp³-hybridized carbons (Fsp3) is 0.462. The summed E-state index contributed by atoms with van der Waals surface area (Å²) in [6, 6.07) is 6.25. The highest BCUT2D eigenvalue weighted by molar-refractivity contribution is 5.87. The highest BCUT2D eigenvalue weighted by Gasteiger charge is 2.32. The van der Waals surface area contributed by atoms with Crippen LogP contribution in [0.5, 0.6) is 0 Å². The normalized spacial score (nSPS) is 14.4. The monoisotopic (exact) mass is 238 g/mol. The van der Waals surface area contributed by atoms with E-state index in [1.165, 1.54) is 6.07 Å². The molecule has 1 rings (SSSR count). The summed E-state index contributed by atoms with van der Waals surface area (Å²) in [5, 5.41) is 2.90. The van der Waals surface area contributed by atoms with Gasteiger partial charge in [-0.1, -0.05) is 26.0 Å². The lowest BCUT2D eigenvalue weighted by molar-refractivity contribution is -0.122. The summed E-state index contributed by atoms with van der Waals surface area (Å²) in [5.41, 5.74) is 4.76. The quantitative estimate of drug-likeness (QED) is 0.828. The minimum Gasteiger partial charge on any atom is -0.369 e. The van der Waals surface area contributed by atoms with Crippen LogP contribution in [0.3, 0.4) is 0 Å². The minimum atomic E-state index is -0.934. The van der Waals surface area contributed by atoms with Crippen LogP contribution in [0, 0.1) is 11.7 Å². The molecule has 0 aromatic heterocycles. The molecule has 0 spiro atoms. The van der Waals surface area contributed by atoms with Gasteiger partial charge in [0.15, 0.2) is 0 Å². The van der Waals surface area contributed by atoms with Crippen LogP contribution >= 0.6 is 0 Å². The van der Waals surface area contributed by atoms with Gasteiger partial charge in [-0.3, -0.25) is 4.79 Å². The molecule has 3 N–H and O–H groups in total. The molecule has 1 amide bonds. The Hall–Kier alpha value is -1.58. The Morgan fingerprint density at radius 1 is 1.47 bits per heavy atom. The van der Waals surface area contributed by atoms with Crippen LogP contribution in [-0.2, 0) is 4.79 Å². The number of primary amides is 1. The lowest BCUT2D eigenvalue weighted by atomic mass is 9.89. The van der Waals surface area contributed by atoms with Gasteiger partial charge in [-0.2, -0.15) is 0 Å². The van der Waals surface area contributed by atoms with Crippen molar-refractivity contribution in [3.63, 3.8) is 0 Å². The van der Waals surface area contributed by atoms with E-state index in [0.717, 1.165) is 0 Å². The fourth-order valence-electron chi connectivity index (χ4n) is 1.89. The summed E-state index contributed by atoms with van der Waals surface area (Å²) in [6.45, 7) is 5.68. The third-order valence-corrected chi connectivity index (χ3v) is 2.64. The molecule has 1 aromatic carbocycles. The molecule has 1 unspecified atom stereocenters. The van der Waals surface area contributed by atoms with E-state index in [1.807, 2.05) is 13.8 Å². The molecule has 4 heteroatoms. The zero-order valence-corrected chi connectivity index (χ0v) is 10.5. The summed E-state index contributed by atoms with van der Waals surface area (Å²) < 4.78 is 13.5. The summed E-state index contributed by atoms with van der Waals surface area (Å²) in [5.74, 6) is -0.579. The third kappa shape index (κ3) is 3.44. The molecular weight excluding hydrogens is 219 g/mol. The van der Waals surface area contributed by atoms with Crippen molar-refractivity contribution < 1.29 is 9.18 Å². The number of nitrogens with two attached hydrogens (primary N) is 1. The zero-order valence-electron chi connectivity index (χ0n) is 10.5. The van der Waals surface area contributed by atoms with Gasteiger partial charge in [0.25, 0.3) is 0 Å². The van der Waals surface area contributed by atoms with Crippen molar-refractivity contribution in [3.05, 3.63) is 30.1 Å². The molecule has 3 nitrogen and oxygen atoms in total. The lowest BCUT2D eigenvalue weighted by Crippen LogP contribution is -2.49. The van der Waals surface area contributed by atoms with Gasteiger partial charge in [0.05, 0.1) is 5.69 Å². The second kappa shape index (κ2) is 5.17. The number of hydrogen-bond acceptors (Lipinski definition) is 2. The summed E-state index contributed by atoms with van der Waals surface area (Å²) in [7, 11) is 0. The molecular formula is C13H19FN2O. The van der Waals surface area contributed by atoms with Gasteiger partial charge in [0, 0.05) is 0 Å². The molecule has 0 aliphatic rings. The molecule has 1 aromatic rings. The molecule has 0 heterocycles. The number of carbonyl (C=O) groups excluding carboxylic acids is 1. The highest BCUT2D eigenvalue weighted by Crippen LogP contribution is 2.24. The molecule has 17 heavy (non-hydrogen) atoms. The second-order valence-corrected chi connectivity index (χ2v) is 4.90. The van der Waals surface area contributed by atoms with Gasteiger partial charge in [0.1, 0.15) is 11.4 Å². The van der Waals surface area contributed by atoms with E-state index in [4.69, 9.17) is 5.73 Å². The summed E-state index contributed by atoms with van der Waals surface area (Å²) in [6.07, 6.45) is 0.552. The van der Waals surface area contributed by atoms with Gasteiger partial charge >= 0.3 is 0 Å². The number of carbonyl (C=O) groups is 1. The standard InChI is InChI=1S/C13H19FN2O/c1-9(2)8-13(3,12(15)17)16-11-7-5-4-6-10(11)14/h4-7,9,16H,8H2,1-3H3,(H2,15,17). The minimum absolute atomic E-state index is 0.284. The molecule has 0 bridgehead atoms. The predicted octanol–water partition coefficient (Wildman–Crippen LogP) is 2.53. The second-order valence-electron chi connectivity index (χ2n) is 4.90. The molecule has 0 saturated carbocycles.